The van der Waals surface area contributed by atoms with Crippen LogP contribution in [-0.4, -0.2) is 64.6 Å². The summed E-state index contributed by atoms with van der Waals surface area (Å²) in [6, 6.07) is 5.65. The van der Waals surface area contributed by atoms with Crippen molar-refractivity contribution in [3.05, 3.63) is 54.1 Å². The lowest BCUT2D eigenvalue weighted by atomic mass is 10.2. The highest BCUT2D eigenvalue weighted by Crippen LogP contribution is 2.14. The Bertz CT molecular complexity index is 776. The first-order chi connectivity index (χ1) is 13.2. The van der Waals surface area contributed by atoms with E-state index in [9.17, 15) is 9.59 Å². The average Bonchev–Trinajstić information content (AvgIpc) is 2.73. The highest BCUT2D eigenvalue weighted by molar-refractivity contribution is 5.94. The maximum absolute atomic E-state index is 12.7. The van der Waals surface area contributed by atoms with Crippen LogP contribution in [0, 0.1) is 0 Å². The normalized spacial score (nSPS) is 14.0. The number of piperazine rings is 1. The zero-order valence-corrected chi connectivity index (χ0v) is 15.3. The van der Waals surface area contributed by atoms with E-state index in [1.165, 1.54) is 0 Å². The predicted molar refractivity (Wildman–Crippen MR) is 100 cm³/mol. The summed E-state index contributed by atoms with van der Waals surface area (Å²) in [6.07, 6.45) is 6.44. The van der Waals surface area contributed by atoms with E-state index in [-0.39, 0.29) is 12.0 Å². The van der Waals surface area contributed by atoms with Crippen LogP contribution in [-0.2, 0) is 11.3 Å². The van der Waals surface area contributed by atoms with Gasteiger partial charge in [-0.05, 0) is 24.6 Å². The van der Waals surface area contributed by atoms with Gasteiger partial charge in [-0.2, -0.15) is 0 Å². The lowest BCUT2D eigenvalue weighted by Gasteiger charge is -2.34. The van der Waals surface area contributed by atoms with Crippen molar-refractivity contribution in [1.29, 1.82) is 0 Å². The van der Waals surface area contributed by atoms with Gasteiger partial charge < -0.3 is 19.9 Å². The number of nitrogens with zero attached hydrogens (tertiary/aromatic N) is 4. The van der Waals surface area contributed by atoms with Gasteiger partial charge in [0.15, 0.2) is 0 Å². The van der Waals surface area contributed by atoms with E-state index in [0.717, 1.165) is 11.3 Å². The van der Waals surface area contributed by atoms with Gasteiger partial charge in [0.05, 0.1) is 17.9 Å². The lowest BCUT2D eigenvalue weighted by Crippen LogP contribution is -2.50. The molecule has 1 N–H and O–H groups in total. The molecular formula is C19H23N5O3. The Kier molecular flexibility index (Phi) is 6.19. The highest BCUT2D eigenvalue weighted by Gasteiger charge is 2.25. The number of aromatic nitrogens is 2. The Morgan fingerprint density at radius 2 is 1.89 bits per heavy atom. The molecule has 0 spiro atoms. The summed E-state index contributed by atoms with van der Waals surface area (Å²) in [7, 11) is 0. The van der Waals surface area contributed by atoms with Crippen molar-refractivity contribution in [2.45, 2.75) is 13.5 Å². The van der Waals surface area contributed by atoms with Crippen LogP contribution in [0.1, 0.15) is 22.8 Å². The average molecular weight is 369 g/mol. The number of pyridine rings is 2. The molecule has 0 aromatic carbocycles. The van der Waals surface area contributed by atoms with Gasteiger partial charge in [-0.3, -0.25) is 14.8 Å². The van der Waals surface area contributed by atoms with Gasteiger partial charge >= 0.3 is 6.09 Å². The predicted octanol–water partition coefficient (Wildman–Crippen LogP) is 2.00. The van der Waals surface area contributed by atoms with Crippen molar-refractivity contribution >= 4 is 17.7 Å². The van der Waals surface area contributed by atoms with E-state index in [4.69, 9.17) is 4.74 Å². The first kappa shape index (κ1) is 18.6. The smallest absolute Gasteiger partial charge is 0.409 e. The summed E-state index contributed by atoms with van der Waals surface area (Å²) in [5.74, 6) is -0.0870. The fourth-order valence-corrected chi connectivity index (χ4v) is 2.85. The number of carbonyl (C=O) groups is 2. The summed E-state index contributed by atoms with van der Waals surface area (Å²) in [5, 5.41) is 3.25. The molecule has 27 heavy (non-hydrogen) atoms. The number of anilines is 1. The van der Waals surface area contributed by atoms with Crippen LogP contribution < -0.4 is 5.32 Å². The first-order valence-electron chi connectivity index (χ1n) is 8.96. The van der Waals surface area contributed by atoms with Crippen LogP contribution in [0.2, 0.25) is 0 Å². The second-order valence-corrected chi connectivity index (χ2v) is 6.16. The maximum atomic E-state index is 12.7. The quantitative estimate of drug-likeness (QED) is 0.867. The fourth-order valence-electron chi connectivity index (χ4n) is 2.85. The van der Waals surface area contributed by atoms with Crippen LogP contribution in [0.15, 0.2) is 43.0 Å². The van der Waals surface area contributed by atoms with Gasteiger partial charge in [-0.1, -0.05) is 6.07 Å². The number of hydrogen-bond donors (Lipinski definition) is 1. The molecular weight excluding hydrogens is 346 g/mol. The minimum atomic E-state index is -0.326. The molecule has 0 unspecified atom stereocenters. The molecule has 0 saturated carbocycles. The summed E-state index contributed by atoms with van der Waals surface area (Å²) >= 11 is 0. The molecule has 0 bridgehead atoms. The monoisotopic (exact) mass is 369 g/mol. The van der Waals surface area contributed by atoms with E-state index in [1.807, 2.05) is 12.1 Å². The Morgan fingerprint density at radius 3 is 2.59 bits per heavy atom. The van der Waals surface area contributed by atoms with Crippen LogP contribution in [0.4, 0.5) is 10.5 Å². The number of amides is 2. The molecule has 2 aromatic rings. The summed E-state index contributed by atoms with van der Waals surface area (Å²) in [6.45, 7) is 4.62. The fraction of sp³-hybridized carbons (Fsp3) is 0.368. The molecule has 0 radical (unpaired) electrons. The molecule has 1 aliphatic rings. The summed E-state index contributed by atoms with van der Waals surface area (Å²) < 4.78 is 5.00. The van der Waals surface area contributed by atoms with Crippen molar-refractivity contribution in [2.24, 2.45) is 0 Å². The van der Waals surface area contributed by atoms with Gasteiger partial charge in [-0.25, -0.2) is 4.79 Å². The van der Waals surface area contributed by atoms with Gasteiger partial charge in [0.25, 0.3) is 5.91 Å². The van der Waals surface area contributed by atoms with E-state index < -0.39 is 0 Å². The van der Waals surface area contributed by atoms with Gasteiger partial charge in [0, 0.05) is 57.5 Å². The van der Waals surface area contributed by atoms with Crippen molar-refractivity contribution in [3.63, 3.8) is 0 Å². The number of ether oxygens (including phenoxy) is 1. The summed E-state index contributed by atoms with van der Waals surface area (Å²) in [4.78, 5) is 36.1. The number of carbonyl (C=O) groups excluding carboxylic acids is 2. The second-order valence-electron chi connectivity index (χ2n) is 6.16. The second kappa shape index (κ2) is 8.98. The molecule has 1 saturated heterocycles. The minimum Gasteiger partial charge on any atom is -0.450 e. The van der Waals surface area contributed by atoms with Crippen molar-refractivity contribution in [1.82, 2.24) is 19.8 Å². The Hall–Kier alpha value is -3.16. The molecule has 1 aliphatic heterocycles. The molecule has 1 fully saturated rings. The van der Waals surface area contributed by atoms with Gasteiger partial charge in [0.1, 0.15) is 0 Å². The number of rotatable bonds is 5. The molecule has 8 heteroatoms. The van der Waals surface area contributed by atoms with Crippen molar-refractivity contribution in [2.75, 3.05) is 38.1 Å². The minimum absolute atomic E-state index is 0.0870. The molecule has 2 amide bonds. The standard InChI is InChI=1S/C19H23N5O3/c1-2-27-19(26)24-8-6-23(7-9-24)18(25)16-10-17(14-21-13-16)22-12-15-4-3-5-20-11-15/h3-5,10-11,13-14,22H,2,6-9,12H2,1H3. The third-order valence-corrected chi connectivity index (χ3v) is 4.30. The van der Waals surface area contributed by atoms with Gasteiger partial charge in [-0.15, -0.1) is 0 Å². The van der Waals surface area contributed by atoms with E-state index in [0.29, 0.717) is 44.9 Å². The zero-order valence-electron chi connectivity index (χ0n) is 15.3. The molecule has 3 heterocycles. The molecule has 0 aliphatic carbocycles. The van der Waals surface area contributed by atoms with Crippen molar-refractivity contribution in [3.8, 4) is 0 Å². The van der Waals surface area contributed by atoms with Crippen LogP contribution in [0.25, 0.3) is 0 Å². The molecule has 3 rings (SSSR count). The van der Waals surface area contributed by atoms with E-state index >= 15 is 0 Å². The third kappa shape index (κ3) is 4.93. The number of hydrogen-bond acceptors (Lipinski definition) is 6. The van der Waals surface area contributed by atoms with Crippen LogP contribution >= 0.6 is 0 Å². The summed E-state index contributed by atoms with van der Waals surface area (Å²) in [5.41, 5.74) is 2.34. The number of nitrogens with one attached hydrogen (secondary N) is 1. The zero-order chi connectivity index (χ0) is 19.1. The van der Waals surface area contributed by atoms with E-state index in [2.05, 4.69) is 15.3 Å². The molecule has 0 atom stereocenters. The van der Waals surface area contributed by atoms with Gasteiger partial charge in [0.2, 0.25) is 0 Å². The van der Waals surface area contributed by atoms with Crippen LogP contribution in [0.5, 0.6) is 0 Å². The van der Waals surface area contributed by atoms with Crippen LogP contribution in [0.3, 0.4) is 0 Å². The first-order valence-corrected chi connectivity index (χ1v) is 8.96. The highest BCUT2D eigenvalue weighted by atomic mass is 16.6. The third-order valence-electron chi connectivity index (χ3n) is 4.30. The largest absolute Gasteiger partial charge is 0.450 e. The van der Waals surface area contributed by atoms with Crippen molar-refractivity contribution < 1.29 is 14.3 Å². The molecule has 2 aromatic heterocycles. The lowest BCUT2D eigenvalue weighted by molar-refractivity contribution is 0.0570. The molecule has 8 nitrogen and oxygen atoms in total. The van der Waals surface area contributed by atoms with E-state index in [1.54, 1.807) is 47.6 Å². The topological polar surface area (TPSA) is 87.7 Å². The Labute approximate surface area is 158 Å². The maximum Gasteiger partial charge on any atom is 0.409 e. The SMILES string of the molecule is CCOC(=O)N1CCN(C(=O)c2cncc(NCc3cccnc3)c2)CC1. The Balaban J connectivity index is 1.57. The Morgan fingerprint density at radius 1 is 1.11 bits per heavy atom. The molecule has 142 valence electrons.